The van der Waals surface area contributed by atoms with Gasteiger partial charge < -0.3 is 15.2 Å². The van der Waals surface area contributed by atoms with E-state index in [2.05, 4.69) is 12.2 Å². The van der Waals surface area contributed by atoms with Gasteiger partial charge in [-0.3, -0.25) is 9.59 Å². The highest BCUT2D eigenvalue weighted by atomic mass is 16.5. The maximum Gasteiger partial charge on any atom is 0.325 e. The minimum Gasteiger partial charge on any atom is -0.494 e. The van der Waals surface area contributed by atoms with E-state index in [0.29, 0.717) is 25.0 Å². The van der Waals surface area contributed by atoms with Gasteiger partial charge in [0.05, 0.1) is 17.7 Å². The molecular formula is C36H53N2O5. The third-order valence-electron chi connectivity index (χ3n) is 9.22. The number of carbonyl (C=O) groups excluding carboxylic acids is 1. The molecule has 2 aromatic rings. The van der Waals surface area contributed by atoms with Crippen molar-refractivity contribution in [2.24, 2.45) is 0 Å². The van der Waals surface area contributed by atoms with E-state index in [1.807, 2.05) is 38.1 Å². The minimum atomic E-state index is -1.09. The zero-order valence-electron chi connectivity index (χ0n) is 26.8. The summed E-state index contributed by atoms with van der Waals surface area (Å²) in [7, 11) is 0. The first-order chi connectivity index (χ1) is 20.6. The van der Waals surface area contributed by atoms with Crippen molar-refractivity contribution in [3.05, 3.63) is 65.2 Å². The van der Waals surface area contributed by atoms with E-state index in [4.69, 9.17) is 9.84 Å². The summed E-state index contributed by atoms with van der Waals surface area (Å²) in [6, 6.07) is 13.9. The van der Waals surface area contributed by atoms with Crippen molar-refractivity contribution in [3.8, 4) is 5.75 Å². The van der Waals surface area contributed by atoms with Gasteiger partial charge in [-0.25, -0.2) is 0 Å². The first-order valence-electron chi connectivity index (χ1n) is 16.5. The fourth-order valence-corrected chi connectivity index (χ4v) is 6.12. The van der Waals surface area contributed by atoms with Gasteiger partial charge in [-0.2, -0.15) is 0 Å². The van der Waals surface area contributed by atoms with Gasteiger partial charge >= 0.3 is 5.97 Å². The standard InChI is InChI=1S/C36H53N2O5/c1-5-6-7-8-9-10-11-12-13-14-15-16-27-43-32-23-21-31(22-24-32)36(4)26-25-35(3,38(36)42)30-19-17-29(18-20-30)33(39)37-28(2)34(40)41/h17-24,28H,5-16,25-27H2,1-4H3,(H,37,39)(H,40,41)/t28-,35-,36-/m0/s1. The summed E-state index contributed by atoms with van der Waals surface area (Å²) in [4.78, 5) is 23.4. The van der Waals surface area contributed by atoms with E-state index in [0.717, 1.165) is 23.3 Å². The van der Waals surface area contributed by atoms with Crippen LogP contribution in [0.25, 0.3) is 0 Å². The minimum absolute atomic E-state index is 0.359. The molecule has 0 aliphatic carbocycles. The van der Waals surface area contributed by atoms with Crippen LogP contribution < -0.4 is 10.1 Å². The van der Waals surface area contributed by atoms with Crippen LogP contribution in [0.1, 0.15) is 139 Å². The molecule has 7 nitrogen and oxygen atoms in total. The molecule has 1 aliphatic rings. The Labute approximate surface area is 259 Å². The molecule has 1 heterocycles. The molecule has 0 unspecified atom stereocenters. The number of carboxylic acid groups (broad SMARTS) is 1. The number of nitrogens with one attached hydrogen (secondary N) is 1. The fraction of sp³-hybridized carbons (Fsp3) is 0.611. The number of amides is 1. The van der Waals surface area contributed by atoms with E-state index >= 15 is 0 Å². The van der Waals surface area contributed by atoms with Crippen LogP contribution in [0.2, 0.25) is 0 Å². The monoisotopic (exact) mass is 593 g/mol. The number of hydroxylamine groups is 2. The van der Waals surface area contributed by atoms with Crippen LogP contribution in [-0.2, 0) is 21.1 Å². The van der Waals surface area contributed by atoms with Crippen LogP contribution in [0.3, 0.4) is 0 Å². The summed E-state index contributed by atoms with van der Waals surface area (Å²) in [5.41, 5.74) is 0.717. The van der Waals surface area contributed by atoms with E-state index in [-0.39, 0.29) is 0 Å². The molecular weight excluding hydrogens is 540 g/mol. The zero-order chi connectivity index (χ0) is 31.3. The smallest absolute Gasteiger partial charge is 0.325 e. The summed E-state index contributed by atoms with van der Waals surface area (Å²) in [6.07, 6.45) is 17.2. The van der Waals surface area contributed by atoms with Crippen LogP contribution in [0, 0.1) is 0 Å². The van der Waals surface area contributed by atoms with E-state index in [1.165, 1.54) is 82.6 Å². The van der Waals surface area contributed by atoms with Crippen molar-refractivity contribution >= 4 is 11.9 Å². The molecule has 0 bridgehead atoms. The topological polar surface area (TPSA) is 98.8 Å². The van der Waals surface area contributed by atoms with E-state index in [1.54, 1.807) is 24.3 Å². The second kappa shape index (κ2) is 16.8. The van der Waals surface area contributed by atoms with Crippen molar-refractivity contribution in [3.63, 3.8) is 0 Å². The van der Waals surface area contributed by atoms with Gasteiger partial charge in [-0.15, -0.1) is 10.3 Å². The number of aliphatic carboxylic acids is 1. The average Bonchev–Trinajstić information content (AvgIpc) is 3.25. The SMILES string of the molecule is CCCCCCCCCCCCCCOc1ccc([C@]2(C)CC[C@@](C)(c3ccc(C(=O)N[C@@H](C)C(=O)O)cc3)N2[O])cc1. The van der Waals surface area contributed by atoms with Crippen LogP contribution >= 0.6 is 0 Å². The quantitative estimate of drug-likeness (QED) is 0.159. The highest BCUT2D eigenvalue weighted by Crippen LogP contribution is 2.51. The number of hydrogen-bond donors (Lipinski definition) is 2. The van der Waals surface area contributed by atoms with Crippen LogP contribution in [-0.4, -0.2) is 34.7 Å². The lowest BCUT2D eigenvalue weighted by atomic mass is 9.89. The van der Waals surface area contributed by atoms with E-state index < -0.39 is 29.0 Å². The Hall–Kier alpha value is -2.90. The van der Waals surface area contributed by atoms with Gasteiger partial charge in [0, 0.05) is 5.56 Å². The molecule has 1 aliphatic heterocycles. The summed E-state index contributed by atoms with van der Waals surface area (Å²) in [5.74, 6) is -0.716. The molecule has 1 radical (unpaired) electrons. The average molecular weight is 594 g/mol. The lowest BCUT2D eigenvalue weighted by Crippen LogP contribution is -2.44. The maximum absolute atomic E-state index is 13.8. The van der Waals surface area contributed by atoms with Gasteiger partial charge in [0.1, 0.15) is 11.8 Å². The number of carboxylic acids is 1. The summed E-state index contributed by atoms with van der Waals surface area (Å²) in [6.45, 7) is 8.33. The molecule has 43 heavy (non-hydrogen) atoms. The Morgan fingerprint density at radius 3 is 1.70 bits per heavy atom. The fourth-order valence-electron chi connectivity index (χ4n) is 6.12. The third-order valence-corrected chi connectivity index (χ3v) is 9.22. The van der Waals surface area contributed by atoms with Crippen LogP contribution in [0.4, 0.5) is 0 Å². The molecule has 0 saturated carbocycles. The predicted octanol–water partition coefficient (Wildman–Crippen LogP) is 8.54. The van der Waals surface area contributed by atoms with Gasteiger partial charge in [-0.05, 0) is 75.4 Å². The number of rotatable bonds is 19. The second-order valence-electron chi connectivity index (χ2n) is 12.7. The molecule has 1 saturated heterocycles. The zero-order valence-corrected chi connectivity index (χ0v) is 26.8. The molecule has 1 amide bonds. The largest absolute Gasteiger partial charge is 0.494 e. The third kappa shape index (κ3) is 9.54. The molecule has 237 valence electrons. The molecule has 1 fully saturated rings. The number of nitrogens with zero attached hydrogens (tertiary/aromatic N) is 1. The predicted molar refractivity (Wildman–Crippen MR) is 170 cm³/mol. The first-order valence-corrected chi connectivity index (χ1v) is 16.5. The number of unbranched alkanes of at least 4 members (excludes halogenated alkanes) is 11. The molecule has 7 heteroatoms. The molecule has 2 aromatic carbocycles. The molecule has 2 N–H and O–H groups in total. The lowest BCUT2D eigenvalue weighted by Gasteiger charge is -2.37. The number of ether oxygens (including phenoxy) is 1. The van der Waals surface area contributed by atoms with E-state index in [9.17, 15) is 14.8 Å². The Morgan fingerprint density at radius 1 is 0.791 bits per heavy atom. The van der Waals surface area contributed by atoms with Crippen molar-refractivity contribution in [2.45, 2.75) is 135 Å². The normalized spacial score (nSPS) is 21.0. The summed E-state index contributed by atoms with van der Waals surface area (Å²) >= 11 is 0. The van der Waals surface area contributed by atoms with Crippen molar-refractivity contribution in [1.82, 2.24) is 10.4 Å². The lowest BCUT2D eigenvalue weighted by molar-refractivity contribution is -0.260. The number of carbonyl (C=O) groups is 2. The Kier molecular flexibility index (Phi) is 13.5. The van der Waals surface area contributed by atoms with Gasteiger partial charge in [0.2, 0.25) is 0 Å². The Bertz CT molecular complexity index is 1140. The van der Waals surface area contributed by atoms with Gasteiger partial charge in [0.25, 0.3) is 5.91 Å². The van der Waals surface area contributed by atoms with Crippen molar-refractivity contribution in [2.75, 3.05) is 6.61 Å². The van der Waals surface area contributed by atoms with Gasteiger partial charge in [-0.1, -0.05) is 102 Å². The van der Waals surface area contributed by atoms with Gasteiger partial charge in [0.15, 0.2) is 0 Å². The molecule has 3 atom stereocenters. The highest BCUT2D eigenvalue weighted by molar-refractivity contribution is 5.96. The van der Waals surface area contributed by atoms with Crippen LogP contribution in [0.15, 0.2) is 48.5 Å². The van der Waals surface area contributed by atoms with Crippen molar-refractivity contribution in [1.29, 1.82) is 0 Å². The summed E-state index contributed by atoms with van der Waals surface area (Å²) < 4.78 is 6.00. The molecule has 3 rings (SSSR count). The van der Waals surface area contributed by atoms with Crippen LogP contribution in [0.5, 0.6) is 5.75 Å². The first kappa shape index (κ1) is 34.6. The second-order valence-corrected chi connectivity index (χ2v) is 12.7. The maximum atomic E-state index is 13.8. The Morgan fingerprint density at radius 2 is 1.23 bits per heavy atom. The number of benzene rings is 2. The summed E-state index contributed by atoms with van der Waals surface area (Å²) in [5, 5.41) is 26.5. The molecule has 0 spiro atoms. The Balaban J connectivity index is 1.43. The number of hydrogen-bond acceptors (Lipinski definition) is 4. The molecule has 0 aromatic heterocycles. The highest BCUT2D eigenvalue weighted by Gasteiger charge is 2.52. The van der Waals surface area contributed by atoms with Crippen molar-refractivity contribution < 1.29 is 24.6 Å².